The number of thioether (sulfide) groups is 1. The Kier molecular flexibility index (Phi) is 6.72. The van der Waals surface area contributed by atoms with Gasteiger partial charge in [0.25, 0.3) is 0 Å². The molecule has 0 aliphatic heterocycles. The zero-order chi connectivity index (χ0) is 22.7. The lowest BCUT2D eigenvalue weighted by Crippen LogP contribution is -2.04. The van der Waals surface area contributed by atoms with Crippen molar-refractivity contribution in [2.45, 2.75) is 17.3 Å². The van der Waals surface area contributed by atoms with Crippen LogP contribution in [0.3, 0.4) is 0 Å². The van der Waals surface area contributed by atoms with Gasteiger partial charge in [-0.1, -0.05) is 35.5 Å². The number of hydrogen-bond donors (Lipinski definition) is 0. The number of rotatable bonds is 7. The van der Waals surface area contributed by atoms with Crippen molar-refractivity contribution >= 4 is 23.4 Å². The van der Waals surface area contributed by atoms with Crippen molar-refractivity contribution in [2.75, 3.05) is 7.11 Å². The van der Waals surface area contributed by atoms with E-state index in [9.17, 15) is 13.2 Å². The van der Waals surface area contributed by atoms with E-state index < -0.39 is 11.6 Å². The van der Waals surface area contributed by atoms with Crippen molar-refractivity contribution in [3.8, 4) is 11.4 Å². The van der Waals surface area contributed by atoms with E-state index in [4.69, 9.17) is 16.3 Å². The number of aromatic nitrogens is 3. The van der Waals surface area contributed by atoms with Crippen LogP contribution in [0.15, 0.2) is 65.8 Å². The highest BCUT2D eigenvalue weighted by atomic mass is 35.5. The molecule has 4 rings (SSSR count). The van der Waals surface area contributed by atoms with Crippen LogP contribution in [0.1, 0.15) is 17.0 Å². The van der Waals surface area contributed by atoms with Gasteiger partial charge in [-0.15, -0.1) is 10.2 Å². The summed E-state index contributed by atoms with van der Waals surface area (Å²) >= 11 is 7.49. The van der Waals surface area contributed by atoms with Crippen LogP contribution in [0.5, 0.6) is 5.75 Å². The molecule has 0 fully saturated rings. The average Bonchev–Trinajstić information content (AvgIpc) is 3.16. The molecule has 164 valence electrons. The first-order valence-corrected chi connectivity index (χ1v) is 10.9. The predicted molar refractivity (Wildman–Crippen MR) is 118 cm³/mol. The van der Waals surface area contributed by atoms with Gasteiger partial charge in [-0.25, -0.2) is 13.2 Å². The van der Waals surface area contributed by atoms with Crippen LogP contribution >= 0.6 is 23.4 Å². The third-order valence-electron chi connectivity index (χ3n) is 4.74. The first-order valence-electron chi connectivity index (χ1n) is 9.54. The average molecular weight is 476 g/mol. The summed E-state index contributed by atoms with van der Waals surface area (Å²) < 4.78 is 47.7. The maximum absolute atomic E-state index is 14.1. The van der Waals surface area contributed by atoms with Crippen LogP contribution in [0, 0.1) is 17.5 Å². The fourth-order valence-electron chi connectivity index (χ4n) is 3.14. The number of nitrogens with zero attached hydrogens (tertiary/aromatic N) is 3. The minimum Gasteiger partial charge on any atom is -0.494 e. The molecule has 4 nitrogen and oxygen atoms in total. The van der Waals surface area contributed by atoms with Crippen molar-refractivity contribution in [3.63, 3.8) is 0 Å². The molecule has 0 unspecified atom stereocenters. The van der Waals surface area contributed by atoms with E-state index in [1.165, 1.54) is 49.2 Å². The number of benzene rings is 3. The zero-order valence-electron chi connectivity index (χ0n) is 16.9. The minimum atomic E-state index is -0.474. The Morgan fingerprint density at radius 2 is 1.69 bits per heavy atom. The molecule has 0 radical (unpaired) electrons. The first-order chi connectivity index (χ1) is 15.4. The fraction of sp³-hybridized carbons (Fsp3) is 0.130. The van der Waals surface area contributed by atoms with Crippen molar-refractivity contribution in [3.05, 3.63) is 100 Å². The molecule has 32 heavy (non-hydrogen) atoms. The lowest BCUT2D eigenvalue weighted by Gasteiger charge is -2.11. The molecule has 0 saturated carbocycles. The van der Waals surface area contributed by atoms with Gasteiger partial charge < -0.3 is 4.74 Å². The summed E-state index contributed by atoms with van der Waals surface area (Å²) in [5.41, 5.74) is 2.08. The van der Waals surface area contributed by atoms with Gasteiger partial charge in [0.1, 0.15) is 17.5 Å². The van der Waals surface area contributed by atoms with Crippen LogP contribution in [0.2, 0.25) is 5.02 Å². The summed E-state index contributed by atoms with van der Waals surface area (Å²) in [6.07, 6.45) is 0.295. The van der Waals surface area contributed by atoms with E-state index in [0.29, 0.717) is 39.4 Å². The van der Waals surface area contributed by atoms with Crippen molar-refractivity contribution < 1.29 is 17.9 Å². The van der Waals surface area contributed by atoms with Gasteiger partial charge in [-0.3, -0.25) is 4.57 Å². The topological polar surface area (TPSA) is 39.9 Å². The van der Waals surface area contributed by atoms with Gasteiger partial charge >= 0.3 is 0 Å². The molecule has 1 heterocycles. The van der Waals surface area contributed by atoms with E-state index in [1.54, 1.807) is 34.9 Å². The third kappa shape index (κ3) is 4.92. The summed E-state index contributed by atoms with van der Waals surface area (Å²) in [6, 6.07) is 14.8. The lowest BCUT2D eigenvalue weighted by atomic mass is 10.1. The summed E-state index contributed by atoms with van der Waals surface area (Å²) in [5.74, 6) is -0.121. The second kappa shape index (κ2) is 9.67. The molecule has 0 N–H and O–H groups in total. The summed E-state index contributed by atoms with van der Waals surface area (Å²) in [7, 11) is 1.40. The highest BCUT2D eigenvalue weighted by Crippen LogP contribution is 2.29. The minimum absolute atomic E-state index is 0.154. The number of ether oxygens (including phenoxy) is 1. The van der Waals surface area contributed by atoms with Gasteiger partial charge in [0.05, 0.1) is 7.11 Å². The number of hydrogen-bond acceptors (Lipinski definition) is 4. The van der Waals surface area contributed by atoms with Crippen LogP contribution in [-0.4, -0.2) is 21.9 Å². The SMILES string of the molecule is COc1ccc(Cc2nnc(SCc3ccc(F)cc3Cl)n2-c2ccc(F)cc2)cc1F. The Hall–Kier alpha value is -2.97. The zero-order valence-corrected chi connectivity index (χ0v) is 18.4. The molecule has 0 saturated heterocycles. The Bertz CT molecular complexity index is 1250. The Morgan fingerprint density at radius 3 is 2.38 bits per heavy atom. The summed E-state index contributed by atoms with van der Waals surface area (Å²) in [6.45, 7) is 0. The lowest BCUT2D eigenvalue weighted by molar-refractivity contribution is 0.386. The Morgan fingerprint density at radius 1 is 0.938 bits per heavy atom. The highest BCUT2D eigenvalue weighted by Gasteiger charge is 2.17. The number of methoxy groups -OCH3 is 1. The van der Waals surface area contributed by atoms with E-state index >= 15 is 0 Å². The fourth-order valence-corrected chi connectivity index (χ4v) is 4.43. The summed E-state index contributed by atoms with van der Waals surface area (Å²) in [4.78, 5) is 0. The van der Waals surface area contributed by atoms with Gasteiger partial charge in [-0.2, -0.15) is 0 Å². The van der Waals surface area contributed by atoms with E-state index in [2.05, 4.69) is 10.2 Å². The van der Waals surface area contributed by atoms with Crippen LogP contribution < -0.4 is 4.74 Å². The molecule has 0 spiro atoms. The highest BCUT2D eigenvalue weighted by molar-refractivity contribution is 7.98. The smallest absolute Gasteiger partial charge is 0.196 e. The Balaban J connectivity index is 1.66. The Labute approximate surface area is 192 Å². The molecule has 0 atom stereocenters. The van der Waals surface area contributed by atoms with Gasteiger partial charge in [0, 0.05) is 22.9 Å². The molecular weight excluding hydrogens is 459 g/mol. The molecular formula is C23H17ClF3N3OS. The molecule has 0 amide bonds. The predicted octanol–water partition coefficient (Wildman–Crippen LogP) is 6.23. The second-order valence-corrected chi connectivity index (χ2v) is 8.23. The summed E-state index contributed by atoms with van der Waals surface area (Å²) in [5, 5.41) is 9.42. The normalized spacial score (nSPS) is 11.0. The third-order valence-corrected chi connectivity index (χ3v) is 6.07. The van der Waals surface area contributed by atoms with Crippen LogP contribution in [0.4, 0.5) is 13.2 Å². The monoisotopic (exact) mass is 475 g/mol. The van der Waals surface area contributed by atoms with Gasteiger partial charge in [-0.05, 0) is 59.7 Å². The molecule has 9 heteroatoms. The van der Waals surface area contributed by atoms with E-state index in [0.717, 1.165) is 5.56 Å². The molecule has 0 bridgehead atoms. The molecule has 0 aliphatic rings. The molecule has 1 aromatic heterocycles. The van der Waals surface area contributed by atoms with Gasteiger partial charge in [0.2, 0.25) is 0 Å². The quantitative estimate of drug-likeness (QED) is 0.297. The molecule has 0 aliphatic carbocycles. The standard InChI is InChI=1S/C23H17ClF3N3OS/c1-31-21-9-2-14(10-20(21)27)11-22-28-29-23(30(22)18-7-5-16(25)6-8-18)32-13-15-3-4-17(26)12-19(15)24/h2-10,12H,11,13H2,1H3. The van der Waals surface area contributed by atoms with Crippen molar-refractivity contribution in [1.82, 2.24) is 14.8 Å². The van der Waals surface area contributed by atoms with E-state index in [-0.39, 0.29) is 11.6 Å². The largest absolute Gasteiger partial charge is 0.494 e. The maximum atomic E-state index is 14.1. The van der Waals surface area contributed by atoms with Crippen LogP contribution in [-0.2, 0) is 12.2 Å². The molecule has 4 aromatic rings. The second-order valence-electron chi connectivity index (χ2n) is 6.88. The van der Waals surface area contributed by atoms with Gasteiger partial charge in [0.15, 0.2) is 16.7 Å². The van der Waals surface area contributed by atoms with Crippen molar-refractivity contribution in [1.29, 1.82) is 0 Å². The number of halogens is 4. The van der Waals surface area contributed by atoms with Crippen molar-refractivity contribution in [2.24, 2.45) is 0 Å². The first kappa shape index (κ1) is 22.2. The molecule has 3 aromatic carbocycles. The van der Waals surface area contributed by atoms with Crippen LogP contribution in [0.25, 0.3) is 5.69 Å². The maximum Gasteiger partial charge on any atom is 0.196 e. The van der Waals surface area contributed by atoms with E-state index in [1.807, 2.05) is 0 Å².